The average Bonchev–Trinajstić information content (AvgIpc) is 3.44. The molecule has 0 aliphatic heterocycles. The van der Waals surface area contributed by atoms with Gasteiger partial charge in [-0.1, -0.05) is 23.7 Å². The molecule has 0 bridgehead atoms. The van der Waals surface area contributed by atoms with Crippen molar-refractivity contribution in [3.05, 3.63) is 58.9 Å². The molecule has 25 heavy (non-hydrogen) atoms. The fraction of sp³-hybridized carbons (Fsp3) is 0.316. The highest BCUT2D eigenvalue weighted by Crippen LogP contribution is 2.41. The molecule has 1 aliphatic carbocycles. The van der Waals surface area contributed by atoms with E-state index in [0.29, 0.717) is 5.92 Å². The number of carbonyl (C=O) groups excluding carboxylic acids is 1. The zero-order valence-corrected chi connectivity index (χ0v) is 14.6. The second kappa shape index (κ2) is 7.74. The van der Waals surface area contributed by atoms with E-state index < -0.39 is 5.82 Å². The first-order chi connectivity index (χ1) is 12.1. The molecule has 6 heteroatoms. The number of hydrogen-bond acceptors (Lipinski definition) is 3. The van der Waals surface area contributed by atoms with Crippen molar-refractivity contribution in [3.8, 4) is 11.5 Å². The van der Waals surface area contributed by atoms with Crippen LogP contribution < -0.4 is 14.8 Å². The van der Waals surface area contributed by atoms with Crippen molar-refractivity contribution in [1.29, 1.82) is 0 Å². The Labute approximate surface area is 150 Å². The number of hydrogen-bond donors (Lipinski definition) is 1. The molecule has 2 aromatic carbocycles. The molecule has 1 amide bonds. The Bertz CT molecular complexity index is 747. The van der Waals surface area contributed by atoms with Gasteiger partial charge in [0.15, 0.2) is 6.61 Å². The number of carbonyl (C=O) groups is 1. The van der Waals surface area contributed by atoms with Gasteiger partial charge >= 0.3 is 0 Å². The van der Waals surface area contributed by atoms with Crippen molar-refractivity contribution in [2.45, 2.75) is 18.9 Å². The fourth-order valence-electron chi connectivity index (χ4n) is 2.66. The molecule has 1 aliphatic rings. The Morgan fingerprint density at radius 3 is 2.60 bits per heavy atom. The molecule has 0 saturated heterocycles. The molecule has 4 nitrogen and oxygen atoms in total. The molecule has 0 spiro atoms. The van der Waals surface area contributed by atoms with E-state index in [-0.39, 0.29) is 29.3 Å². The Hall–Kier alpha value is -2.27. The summed E-state index contributed by atoms with van der Waals surface area (Å²) in [6.07, 6.45) is 2.17. The van der Waals surface area contributed by atoms with Gasteiger partial charge in [0.1, 0.15) is 17.3 Å². The zero-order valence-electron chi connectivity index (χ0n) is 13.8. The van der Waals surface area contributed by atoms with Gasteiger partial charge in [-0.25, -0.2) is 4.39 Å². The van der Waals surface area contributed by atoms with E-state index in [1.54, 1.807) is 7.11 Å². The van der Waals surface area contributed by atoms with Crippen LogP contribution in [0, 0.1) is 11.7 Å². The first-order valence-electron chi connectivity index (χ1n) is 8.08. The molecular formula is C19H19ClFNO3. The van der Waals surface area contributed by atoms with E-state index in [2.05, 4.69) is 5.32 Å². The van der Waals surface area contributed by atoms with Crippen LogP contribution in [0.15, 0.2) is 42.5 Å². The number of amides is 1. The lowest BCUT2D eigenvalue weighted by atomic mass is 10.0. The quantitative estimate of drug-likeness (QED) is 0.804. The number of halogens is 2. The standard InChI is InChI=1S/C19H19ClFNO3/c1-24-15-7-4-13(5-8-15)19(12-2-3-12)22-18(23)11-25-17-9-6-14(21)10-16(17)20/h4-10,12,19H,2-3,11H2,1H3,(H,22,23). The molecule has 132 valence electrons. The molecule has 1 atom stereocenters. The number of nitrogens with one attached hydrogen (secondary N) is 1. The van der Waals surface area contributed by atoms with E-state index in [4.69, 9.17) is 21.1 Å². The number of rotatable bonds is 7. The fourth-order valence-corrected chi connectivity index (χ4v) is 2.89. The van der Waals surface area contributed by atoms with Crippen LogP contribution in [0.5, 0.6) is 11.5 Å². The Morgan fingerprint density at radius 2 is 2.00 bits per heavy atom. The maximum absolute atomic E-state index is 13.0. The van der Waals surface area contributed by atoms with Crippen LogP contribution in [-0.4, -0.2) is 19.6 Å². The first kappa shape index (κ1) is 17.5. The minimum atomic E-state index is -0.449. The van der Waals surface area contributed by atoms with Crippen LogP contribution >= 0.6 is 11.6 Å². The van der Waals surface area contributed by atoms with E-state index in [1.807, 2.05) is 24.3 Å². The summed E-state index contributed by atoms with van der Waals surface area (Å²) >= 11 is 5.90. The summed E-state index contributed by atoms with van der Waals surface area (Å²) in [4.78, 5) is 12.3. The van der Waals surface area contributed by atoms with Crippen molar-refractivity contribution in [2.75, 3.05) is 13.7 Å². The number of methoxy groups -OCH3 is 1. The van der Waals surface area contributed by atoms with Crippen LogP contribution in [0.3, 0.4) is 0 Å². The normalized spacial score (nSPS) is 14.7. The lowest BCUT2D eigenvalue weighted by Gasteiger charge is -2.19. The summed E-state index contributed by atoms with van der Waals surface area (Å²) in [5, 5.41) is 3.15. The smallest absolute Gasteiger partial charge is 0.258 e. The van der Waals surface area contributed by atoms with Crippen LogP contribution in [0.2, 0.25) is 5.02 Å². The highest BCUT2D eigenvalue weighted by molar-refractivity contribution is 6.32. The van der Waals surface area contributed by atoms with Gasteiger partial charge in [0.2, 0.25) is 0 Å². The minimum absolute atomic E-state index is 0.0503. The van der Waals surface area contributed by atoms with Gasteiger partial charge in [-0.2, -0.15) is 0 Å². The molecule has 3 rings (SSSR count). The van der Waals surface area contributed by atoms with Gasteiger partial charge in [0.05, 0.1) is 18.2 Å². The third-order valence-electron chi connectivity index (χ3n) is 4.14. The van der Waals surface area contributed by atoms with Crippen LogP contribution in [-0.2, 0) is 4.79 Å². The summed E-state index contributed by atoms with van der Waals surface area (Å²) < 4.78 is 23.6. The molecule has 1 unspecified atom stereocenters. The monoisotopic (exact) mass is 363 g/mol. The summed E-state index contributed by atoms with van der Waals surface area (Å²) in [6.45, 7) is -0.176. The second-order valence-electron chi connectivity index (χ2n) is 6.02. The van der Waals surface area contributed by atoms with Crippen LogP contribution in [0.1, 0.15) is 24.4 Å². The largest absolute Gasteiger partial charge is 0.497 e. The maximum Gasteiger partial charge on any atom is 0.258 e. The lowest BCUT2D eigenvalue weighted by Crippen LogP contribution is -2.33. The molecular weight excluding hydrogens is 345 g/mol. The predicted molar refractivity (Wildman–Crippen MR) is 93.5 cm³/mol. The van der Waals surface area contributed by atoms with Crippen molar-refractivity contribution < 1.29 is 18.7 Å². The summed E-state index contributed by atoms with van der Waals surface area (Å²) in [5.74, 6) is 0.805. The summed E-state index contributed by atoms with van der Waals surface area (Å²) in [5.41, 5.74) is 1.04. The highest BCUT2D eigenvalue weighted by Gasteiger charge is 2.33. The maximum atomic E-state index is 13.0. The van der Waals surface area contributed by atoms with Crippen LogP contribution in [0.4, 0.5) is 4.39 Å². The van der Waals surface area contributed by atoms with Crippen molar-refractivity contribution in [2.24, 2.45) is 5.92 Å². The third kappa shape index (κ3) is 4.63. The van der Waals surface area contributed by atoms with Gasteiger partial charge in [-0.05, 0) is 54.7 Å². The topological polar surface area (TPSA) is 47.6 Å². The molecule has 0 heterocycles. The van der Waals surface area contributed by atoms with E-state index in [9.17, 15) is 9.18 Å². The minimum Gasteiger partial charge on any atom is -0.497 e. The van der Waals surface area contributed by atoms with Crippen molar-refractivity contribution in [3.63, 3.8) is 0 Å². The molecule has 0 radical (unpaired) electrons. The Balaban J connectivity index is 1.61. The molecule has 2 aromatic rings. The van der Waals surface area contributed by atoms with E-state index in [0.717, 1.165) is 30.2 Å². The van der Waals surface area contributed by atoms with Crippen molar-refractivity contribution in [1.82, 2.24) is 5.32 Å². The molecule has 0 aromatic heterocycles. The predicted octanol–water partition coefficient (Wildman–Crippen LogP) is 4.13. The second-order valence-corrected chi connectivity index (χ2v) is 6.43. The number of benzene rings is 2. The van der Waals surface area contributed by atoms with Crippen LogP contribution in [0.25, 0.3) is 0 Å². The van der Waals surface area contributed by atoms with Crippen molar-refractivity contribution >= 4 is 17.5 Å². The van der Waals surface area contributed by atoms with Gasteiger partial charge in [-0.3, -0.25) is 4.79 Å². The molecule has 1 fully saturated rings. The van der Waals surface area contributed by atoms with Gasteiger partial charge in [0.25, 0.3) is 5.91 Å². The SMILES string of the molecule is COc1ccc(C(NC(=O)COc2ccc(F)cc2Cl)C2CC2)cc1. The molecule has 1 saturated carbocycles. The first-order valence-corrected chi connectivity index (χ1v) is 8.46. The number of ether oxygens (including phenoxy) is 2. The zero-order chi connectivity index (χ0) is 17.8. The summed E-state index contributed by atoms with van der Waals surface area (Å²) in [6, 6.07) is 11.4. The highest BCUT2D eigenvalue weighted by atomic mass is 35.5. The third-order valence-corrected chi connectivity index (χ3v) is 4.43. The van der Waals surface area contributed by atoms with Gasteiger partial charge in [0, 0.05) is 0 Å². The lowest BCUT2D eigenvalue weighted by molar-refractivity contribution is -0.124. The van der Waals surface area contributed by atoms with E-state index >= 15 is 0 Å². The van der Waals surface area contributed by atoms with E-state index in [1.165, 1.54) is 12.1 Å². The van der Waals surface area contributed by atoms with Gasteiger partial charge in [-0.15, -0.1) is 0 Å². The van der Waals surface area contributed by atoms with Gasteiger partial charge < -0.3 is 14.8 Å². The average molecular weight is 364 g/mol. The Kier molecular flexibility index (Phi) is 5.43. The Morgan fingerprint density at radius 1 is 1.28 bits per heavy atom. The summed E-state index contributed by atoms with van der Waals surface area (Å²) in [7, 11) is 1.62. The molecule has 1 N–H and O–H groups in total.